The maximum Gasteiger partial charge on any atom is 0.253 e. The van der Waals surface area contributed by atoms with E-state index in [1.165, 1.54) is 0 Å². The number of nitrogens with one attached hydrogen (secondary N) is 1. The Hall–Kier alpha value is -1.36. The number of carbonyl (C=O) groups excluding carboxylic acids is 2. The Morgan fingerprint density at radius 1 is 1.33 bits per heavy atom. The first-order valence-corrected chi connectivity index (χ1v) is 8.15. The minimum Gasteiger partial charge on any atom is -0.356 e. The molecule has 0 spiro atoms. The van der Waals surface area contributed by atoms with E-state index in [1.54, 1.807) is 0 Å². The largest absolute Gasteiger partial charge is 0.356 e. The minimum atomic E-state index is 0.0405. The molecule has 1 aromatic rings. The number of likely N-dealkylation sites (tertiary alicyclic amines) is 1. The van der Waals surface area contributed by atoms with Gasteiger partial charge in [0, 0.05) is 35.6 Å². The van der Waals surface area contributed by atoms with Crippen LogP contribution in [-0.2, 0) is 4.79 Å². The topological polar surface area (TPSA) is 49.4 Å². The summed E-state index contributed by atoms with van der Waals surface area (Å²) in [6, 6.07) is 5.67. The molecule has 114 valence electrons. The summed E-state index contributed by atoms with van der Waals surface area (Å²) < 4.78 is 0.950. The molecule has 0 unspecified atom stereocenters. The number of amides is 2. The maximum absolute atomic E-state index is 12.5. The molecule has 21 heavy (non-hydrogen) atoms. The van der Waals surface area contributed by atoms with E-state index < -0.39 is 0 Å². The summed E-state index contributed by atoms with van der Waals surface area (Å²) in [5.41, 5.74) is 1.81. The molecule has 1 heterocycles. The molecule has 5 heteroatoms. The third-order valence-corrected chi connectivity index (χ3v) is 4.78. The van der Waals surface area contributed by atoms with Crippen molar-refractivity contribution in [1.29, 1.82) is 0 Å². The number of nitrogens with zero attached hydrogens (tertiary/aromatic N) is 1. The van der Waals surface area contributed by atoms with Gasteiger partial charge in [0.25, 0.3) is 5.91 Å². The molecule has 0 aliphatic carbocycles. The second kappa shape index (κ2) is 7.07. The van der Waals surface area contributed by atoms with Gasteiger partial charge in [-0.15, -0.1) is 0 Å². The number of hydrogen-bond donors (Lipinski definition) is 1. The fourth-order valence-electron chi connectivity index (χ4n) is 2.57. The lowest BCUT2D eigenvalue weighted by molar-refractivity contribution is -0.126. The summed E-state index contributed by atoms with van der Waals surface area (Å²) in [5.74, 6) is 0.200. The van der Waals surface area contributed by atoms with E-state index in [-0.39, 0.29) is 17.7 Å². The van der Waals surface area contributed by atoms with Gasteiger partial charge in [-0.1, -0.05) is 22.0 Å². The zero-order chi connectivity index (χ0) is 15.4. The number of hydrogen-bond acceptors (Lipinski definition) is 2. The quantitative estimate of drug-likeness (QED) is 0.909. The second-order valence-electron chi connectivity index (χ2n) is 5.43. The van der Waals surface area contributed by atoms with Crippen LogP contribution in [0, 0.1) is 12.8 Å². The van der Waals surface area contributed by atoms with Crippen LogP contribution < -0.4 is 5.32 Å². The number of halogens is 1. The van der Waals surface area contributed by atoms with Crippen molar-refractivity contribution in [3.8, 4) is 0 Å². The van der Waals surface area contributed by atoms with Crippen LogP contribution >= 0.6 is 15.9 Å². The predicted molar refractivity (Wildman–Crippen MR) is 86.2 cm³/mol. The van der Waals surface area contributed by atoms with E-state index in [0.29, 0.717) is 25.2 Å². The lowest BCUT2D eigenvalue weighted by Gasteiger charge is -2.31. The Labute approximate surface area is 134 Å². The predicted octanol–water partition coefficient (Wildman–Crippen LogP) is 2.75. The smallest absolute Gasteiger partial charge is 0.253 e. The van der Waals surface area contributed by atoms with Crippen molar-refractivity contribution in [3.05, 3.63) is 33.8 Å². The van der Waals surface area contributed by atoms with Crippen LogP contribution in [0.3, 0.4) is 0 Å². The van der Waals surface area contributed by atoms with Gasteiger partial charge in [-0.05, 0) is 44.4 Å². The average molecular weight is 353 g/mol. The fourth-order valence-corrected chi connectivity index (χ4v) is 2.95. The van der Waals surface area contributed by atoms with Gasteiger partial charge in [-0.25, -0.2) is 0 Å². The minimum absolute atomic E-state index is 0.0405. The molecule has 1 N–H and O–H groups in total. The molecule has 1 aromatic carbocycles. The highest BCUT2D eigenvalue weighted by Crippen LogP contribution is 2.22. The Kier molecular flexibility index (Phi) is 5.39. The lowest BCUT2D eigenvalue weighted by atomic mass is 9.95. The van der Waals surface area contributed by atoms with Crippen LogP contribution in [0.15, 0.2) is 22.7 Å². The number of aryl methyl sites for hydroxylation is 1. The Morgan fingerprint density at radius 2 is 2.00 bits per heavy atom. The molecular formula is C16H21BrN2O2. The van der Waals surface area contributed by atoms with Crippen molar-refractivity contribution >= 4 is 27.7 Å². The molecule has 2 amide bonds. The van der Waals surface area contributed by atoms with Crippen LogP contribution in [0.2, 0.25) is 0 Å². The molecule has 1 aliphatic rings. The molecular weight excluding hydrogens is 332 g/mol. The van der Waals surface area contributed by atoms with Crippen LogP contribution in [-0.4, -0.2) is 36.3 Å². The number of rotatable bonds is 3. The Balaban J connectivity index is 1.97. The summed E-state index contributed by atoms with van der Waals surface area (Å²) in [7, 11) is 0. The molecule has 4 nitrogen and oxygen atoms in total. The molecule has 0 radical (unpaired) electrons. The van der Waals surface area contributed by atoms with Crippen LogP contribution in [0.25, 0.3) is 0 Å². The number of benzene rings is 1. The summed E-state index contributed by atoms with van der Waals surface area (Å²) in [6.45, 7) is 5.87. The molecule has 0 aromatic heterocycles. The average Bonchev–Trinajstić information content (AvgIpc) is 2.50. The number of carbonyl (C=O) groups is 2. The monoisotopic (exact) mass is 352 g/mol. The molecule has 1 saturated heterocycles. The van der Waals surface area contributed by atoms with Gasteiger partial charge in [-0.2, -0.15) is 0 Å². The molecule has 0 bridgehead atoms. The Morgan fingerprint density at radius 3 is 2.57 bits per heavy atom. The molecule has 0 atom stereocenters. The van der Waals surface area contributed by atoms with E-state index in [0.717, 1.165) is 22.9 Å². The highest BCUT2D eigenvalue weighted by Gasteiger charge is 2.27. The molecule has 1 aliphatic heterocycles. The molecule has 1 fully saturated rings. The van der Waals surface area contributed by atoms with Gasteiger partial charge < -0.3 is 10.2 Å². The van der Waals surface area contributed by atoms with Crippen molar-refractivity contribution in [2.75, 3.05) is 19.6 Å². The first-order valence-electron chi connectivity index (χ1n) is 7.36. The van der Waals surface area contributed by atoms with Crippen molar-refractivity contribution in [1.82, 2.24) is 10.2 Å². The van der Waals surface area contributed by atoms with Crippen LogP contribution in [0.1, 0.15) is 35.7 Å². The van der Waals surface area contributed by atoms with Gasteiger partial charge in [0.1, 0.15) is 0 Å². The van der Waals surface area contributed by atoms with Gasteiger partial charge in [0.05, 0.1) is 0 Å². The molecule has 2 rings (SSSR count). The zero-order valence-electron chi connectivity index (χ0n) is 12.5. The highest BCUT2D eigenvalue weighted by atomic mass is 79.9. The van der Waals surface area contributed by atoms with Gasteiger partial charge in [-0.3, -0.25) is 9.59 Å². The SMILES string of the molecule is CCNC(=O)C1CCN(C(=O)c2ccc(C)c(Br)c2)CC1. The summed E-state index contributed by atoms with van der Waals surface area (Å²) in [5, 5.41) is 2.86. The first-order chi connectivity index (χ1) is 10.0. The third-order valence-electron chi connectivity index (χ3n) is 3.92. The van der Waals surface area contributed by atoms with E-state index in [1.807, 2.05) is 36.9 Å². The standard InChI is InChI=1S/C16H21BrN2O2/c1-3-18-15(20)12-6-8-19(9-7-12)16(21)13-5-4-11(2)14(17)10-13/h4-5,10,12H,3,6-9H2,1-2H3,(H,18,20). The maximum atomic E-state index is 12.5. The van der Waals surface area contributed by atoms with Gasteiger partial charge in [0.2, 0.25) is 5.91 Å². The van der Waals surface area contributed by atoms with Crippen molar-refractivity contribution in [2.45, 2.75) is 26.7 Å². The fraction of sp³-hybridized carbons (Fsp3) is 0.500. The Bertz CT molecular complexity index is 537. The van der Waals surface area contributed by atoms with Gasteiger partial charge >= 0.3 is 0 Å². The highest BCUT2D eigenvalue weighted by molar-refractivity contribution is 9.10. The third kappa shape index (κ3) is 3.84. The summed E-state index contributed by atoms with van der Waals surface area (Å²) in [6.07, 6.45) is 1.48. The summed E-state index contributed by atoms with van der Waals surface area (Å²) >= 11 is 3.46. The normalized spacial score (nSPS) is 15.9. The van der Waals surface area contributed by atoms with E-state index in [9.17, 15) is 9.59 Å². The van der Waals surface area contributed by atoms with Crippen LogP contribution in [0.4, 0.5) is 0 Å². The van der Waals surface area contributed by atoms with Crippen molar-refractivity contribution < 1.29 is 9.59 Å². The first kappa shape index (κ1) is 16.0. The second-order valence-corrected chi connectivity index (χ2v) is 6.28. The van der Waals surface area contributed by atoms with Crippen molar-refractivity contribution in [2.24, 2.45) is 5.92 Å². The van der Waals surface area contributed by atoms with E-state index >= 15 is 0 Å². The van der Waals surface area contributed by atoms with Crippen molar-refractivity contribution in [3.63, 3.8) is 0 Å². The van der Waals surface area contributed by atoms with Gasteiger partial charge in [0.15, 0.2) is 0 Å². The zero-order valence-corrected chi connectivity index (χ0v) is 14.1. The lowest BCUT2D eigenvalue weighted by Crippen LogP contribution is -2.43. The molecule has 0 saturated carbocycles. The van der Waals surface area contributed by atoms with E-state index in [2.05, 4.69) is 21.2 Å². The summed E-state index contributed by atoms with van der Waals surface area (Å²) in [4.78, 5) is 26.1. The van der Waals surface area contributed by atoms with Crippen LogP contribution in [0.5, 0.6) is 0 Å². The van der Waals surface area contributed by atoms with E-state index in [4.69, 9.17) is 0 Å². The number of piperidine rings is 1.